The van der Waals surface area contributed by atoms with Crippen LogP contribution in [-0.4, -0.2) is 24.9 Å². The standard InChI is InChI=1S/C16H14N2O3/c1-21-14-9-7-13(8-10-14)17-18-15(11-19)16(20)12-5-3-2-4-6-12/h2-11,17H,1H3/b18-15-. The van der Waals surface area contributed by atoms with Crippen molar-refractivity contribution in [2.24, 2.45) is 5.10 Å². The zero-order valence-electron chi connectivity index (χ0n) is 11.4. The molecule has 0 aliphatic carbocycles. The summed E-state index contributed by atoms with van der Waals surface area (Å²) in [5.74, 6) is 0.284. The molecule has 0 bridgehead atoms. The summed E-state index contributed by atoms with van der Waals surface area (Å²) in [4.78, 5) is 23.1. The highest BCUT2D eigenvalue weighted by atomic mass is 16.5. The van der Waals surface area contributed by atoms with Gasteiger partial charge < -0.3 is 4.74 Å². The van der Waals surface area contributed by atoms with E-state index in [1.807, 2.05) is 0 Å². The molecule has 0 heterocycles. The summed E-state index contributed by atoms with van der Waals surface area (Å²) >= 11 is 0. The number of rotatable bonds is 6. The van der Waals surface area contributed by atoms with Gasteiger partial charge in [-0.05, 0) is 24.3 Å². The maximum atomic E-state index is 12.1. The van der Waals surface area contributed by atoms with Crippen LogP contribution in [0.4, 0.5) is 5.69 Å². The number of hydrogen-bond acceptors (Lipinski definition) is 5. The van der Waals surface area contributed by atoms with E-state index in [0.29, 0.717) is 23.3 Å². The van der Waals surface area contributed by atoms with Crippen LogP contribution in [0, 0.1) is 0 Å². The molecule has 106 valence electrons. The van der Waals surface area contributed by atoms with Crippen molar-refractivity contribution in [1.82, 2.24) is 0 Å². The number of hydrazone groups is 1. The molecule has 0 saturated carbocycles. The molecular formula is C16H14N2O3. The van der Waals surface area contributed by atoms with Crippen molar-refractivity contribution in [2.75, 3.05) is 12.5 Å². The molecule has 1 N–H and O–H groups in total. The second-order valence-corrected chi connectivity index (χ2v) is 4.15. The van der Waals surface area contributed by atoms with E-state index in [0.717, 1.165) is 0 Å². The van der Waals surface area contributed by atoms with E-state index in [4.69, 9.17) is 4.74 Å². The zero-order valence-corrected chi connectivity index (χ0v) is 11.4. The van der Waals surface area contributed by atoms with Crippen LogP contribution in [0.15, 0.2) is 59.7 Å². The molecule has 2 aromatic rings. The van der Waals surface area contributed by atoms with Gasteiger partial charge in [0.1, 0.15) is 5.75 Å². The van der Waals surface area contributed by atoms with E-state index in [2.05, 4.69) is 10.5 Å². The van der Waals surface area contributed by atoms with Crippen LogP contribution < -0.4 is 10.2 Å². The molecule has 21 heavy (non-hydrogen) atoms. The fourth-order valence-corrected chi connectivity index (χ4v) is 1.66. The first-order valence-corrected chi connectivity index (χ1v) is 6.27. The minimum atomic E-state index is -0.424. The number of carbonyl (C=O) groups is 2. The Morgan fingerprint density at radius 1 is 1.10 bits per heavy atom. The average Bonchev–Trinajstić information content (AvgIpc) is 2.56. The maximum Gasteiger partial charge on any atom is 0.216 e. The molecule has 2 rings (SSSR count). The Bertz CT molecular complexity index is 649. The molecular weight excluding hydrogens is 268 g/mol. The highest BCUT2D eigenvalue weighted by Crippen LogP contribution is 2.14. The summed E-state index contributed by atoms with van der Waals surface area (Å²) < 4.78 is 5.04. The van der Waals surface area contributed by atoms with Crippen LogP contribution in [0.2, 0.25) is 0 Å². The fourth-order valence-electron chi connectivity index (χ4n) is 1.66. The third-order valence-electron chi connectivity index (χ3n) is 2.78. The van der Waals surface area contributed by atoms with Crippen molar-refractivity contribution < 1.29 is 14.3 Å². The van der Waals surface area contributed by atoms with Crippen LogP contribution in [0.25, 0.3) is 0 Å². The highest BCUT2D eigenvalue weighted by Gasteiger charge is 2.12. The van der Waals surface area contributed by atoms with Gasteiger partial charge in [-0.2, -0.15) is 5.10 Å². The molecule has 0 amide bonds. The molecule has 0 saturated heterocycles. The maximum absolute atomic E-state index is 12.1. The number of benzene rings is 2. The largest absolute Gasteiger partial charge is 0.497 e. The predicted molar refractivity (Wildman–Crippen MR) is 80.9 cm³/mol. The van der Waals surface area contributed by atoms with E-state index < -0.39 is 5.78 Å². The van der Waals surface area contributed by atoms with Crippen LogP contribution in [-0.2, 0) is 4.79 Å². The van der Waals surface area contributed by atoms with Crippen molar-refractivity contribution in [3.05, 3.63) is 60.2 Å². The first kappa shape index (κ1) is 14.5. The van der Waals surface area contributed by atoms with Crippen LogP contribution in [0.3, 0.4) is 0 Å². The van der Waals surface area contributed by atoms with E-state index >= 15 is 0 Å². The molecule has 0 spiro atoms. The molecule has 0 unspecified atom stereocenters. The van der Waals surface area contributed by atoms with Gasteiger partial charge in [-0.3, -0.25) is 15.0 Å². The van der Waals surface area contributed by atoms with E-state index in [9.17, 15) is 9.59 Å². The first-order valence-electron chi connectivity index (χ1n) is 6.27. The number of nitrogens with zero attached hydrogens (tertiary/aromatic N) is 1. The number of anilines is 1. The molecule has 0 radical (unpaired) electrons. The van der Waals surface area contributed by atoms with Gasteiger partial charge in [0.2, 0.25) is 5.78 Å². The molecule has 0 atom stereocenters. The van der Waals surface area contributed by atoms with Crippen molar-refractivity contribution in [3.8, 4) is 5.75 Å². The lowest BCUT2D eigenvalue weighted by Gasteiger charge is -2.04. The summed E-state index contributed by atoms with van der Waals surface area (Å²) in [6.07, 6.45) is 0.436. The van der Waals surface area contributed by atoms with Gasteiger partial charge in [-0.15, -0.1) is 0 Å². The van der Waals surface area contributed by atoms with E-state index in [1.165, 1.54) is 0 Å². The fraction of sp³-hybridized carbons (Fsp3) is 0.0625. The Morgan fingerprint density at radius 2 is 1.76 bits per heavy atom. The first-order chi connectivity index (χ1) is 10.2. The van der Waals surface area contributed by atoms with Gasteiger partial charge in [0, 0.05) is 5.56 Å². The van der Waals surface area contributed by atoms with Gasteiger partial charge >= 0.3 is 0 Å². The summed E-state index contributed by atoms with van der Waals surface area (Å²) in [7, 11) is 1.57. The number of ether oxygens (including phenoxy) is 1. The normalized spacial score (nSPS) is 10.8. The zero-order chi connectivity index (χ0) is 15.1. The molecule has 0 aromatic heterocycles. The third-order valence-corrected chi connectivity index (χ3v) is 2.78. The van der Waals surface area contributed by atoms with Crippen molar-refractivity contribution in [3.63, 3.8) is 0 Å². The number of ketones is 1. The SMILES string of the molecule is COc1ccc(N/N=C(/C=O)C(=O)c2ccccc2)cc1. The Hall–Kier alpha value is -2.95. The van der Waals surface area contributed by atoms with E-state index in [1.54, 1.807) is 61.7 Å². The number of nitrogens with one attached hydrogen (secondary N) is 1. The lowest BCUT2D eigenvalue weighted by molar-refractivity contribution is -0.102. The molecule has 0 aliphatic heterocycles. The Morgan fingerprint density at radius 3 is 2.33 bits per heavy atom. The summed E-state index contributed by atoms with van der Waals surface area (Å²) in [6, 6.07) is 15.5. The monoisotopic (exact) mass is 282 g/mol. The Labute approximate surface area is 122 Å². The van der Waals surface area contributed by atoms with Gasteiger partial charge in [0.25, 0.3) is 0 Å². The van der Waals surface area contributed by atoms with Gasteiger partial charge in [0.05, 0.1) is 12.8 Å². The minimum Gasteiger partial charge on any atom is -0.497 e. The molecule has 2 aromatic carbocycles. The number of Topliss-reactive ketones (excluding diaryl/α,β-unsaturated/α-hetero) is 1. The Kier molecular flexibility index (Phi) is 4.82. The number of aldehydes is 1. The topological polar surface area (TPSA) is 67.8 Å². The summed E-state index contributed by atoms with van der Waals surface area (Å²) in [5.41, 5.74) is 3.56. The molecule has 5 nitrogen and oxygen atoms in total. The van der Waals surface area contributed by atoms with Gasteiger partial charge in [-0.25, -0.2) is 0 Å². The lowest BCUT2D eigenvalue weighted by Crippen LogP contribution is -2.17. The van der Waals surface area contributed by atoms with Gasteiger partial charge in [0.15, 0.2) is 12.0 Å². The molecule has 5 heteroatoms. The molecule has 0 aliphatic rings. The quantitative estimate of drug-likeness (QED) is 0.291. The summed E-state index contributed by atoms with van der Waals surface area (Å²) in [5, 5.41) is 3.85. The lowest BCUT2D eigenvalue weighted by atomic mass is 10.1. The number of methoxy groups -OCH3 is 1. The van der Waals surface area contributed by atoms with Crippen LogP contribution in [0.5, 0.6) is 5.75 Å². The second kappa shape index (κ2) is 7.00. The van der Waals surface area contributed by atoms with Gasteiger partial charge in [-0.1, -0.05) is 30.3 Å². The van der Waals surface area contributed by atoms with E-state index in [-0.39, 0.29) is 5.71 Å². The highest BCUT2D eigenvalue weighted by molar-refractivity contribution is 6.63. The summed E-state index contributed by atoms with van der Waals surface area (Å²) in [6.45, 7) is 0. The smallest absolute Gasteiger partial charge is 0.216 e. The van der Waals surface area contributed by atoms with Crippen molar-refractivity contribution in [1.29, 1.82) is 0 Å². The third kappa shape index (κ3) is 3.76. The number of hydrogen-bond donors (Lipinski definition) is 1. The van der Waals surface area contributed by atoms with Crippen LogP contribution >= 0.6 is 0 Å². The predicted octanol–water partition coefficient (Wildman–Crippen LogP) is 2.54. The van der Waals surface area contributed by atoms with Crippen molar-refractivity contribution in [2.45, 2.75) is 0 Å². The average molecular weight is 282 g/mol. The number of carbonyl (C=O) groups excluding carboxylic acids is 2. The van der Waals surface area contributed by atoms with Crippen molar-refractivity contribution >= 4 is 23.5 Å². The van der Waals surface area contributed by atoms with Crippen LogP contribution in [0.1, 0.15) is 10.4 Å². The second-order valence-electron chi connectivity index (χ2n) is 4.15. The Balaban J connectivity index is 2.13. The molecule has 0 fully saturated rings. The minimum absolute atomic E-state index is 0.183.